The molecule has 0 radical (unpaired) electrons. The number of hydrogen-bond acceptors (Lipinski definition) is 6. The Morgan fingerprint density at radius 3 is 2.35 bits per heavy atom. The molecule has 6 heteroatoms. The molecule has 2 aromatic rings. The standard InChI is InChI=1S/C25H25NO5/c1-16-9-11-17(12-10-16)15-20(26-18-7-5-4-6-8-18)25-14-13-19(31-25)21(23(27)29-2)22(25)24(28)30-3/h4-14,19-20,26H,15H2,1-3H3/t19?,20?,25-/m0/s1. The van der Waals surface area contributed by atoms with Crippen molar-refractivity contribution in [2.45, 2.75) is 31.1 Å². The van der Waals surface area contributed by atoms with Gasteiger partial charge < -0.3 is 19.5 Å². The molecule has 0 saturated heterocycles. The number of nitrogens with one attached hydrogen (secondary N) is 1. The zero-order valence-electron chi connectivity index (χ0n) is 17.8. The summed E-state index contributed by atoms with van der Waals surface area (Å²) in [5.74, 6) is -1.19. The summed E-state index contributed by atoms with van der Waals surface area (Å²) in [6.45, 7) is 2.04. The van der Waals surface area contributed by atoms with Crippen LogP contribution in [-0.2, 0) is 30.2 Å². The Kier molecular flexibility index (Phi) is 5.65. The largest absolute Gasteiger partial charge is 0.466 e. The number of hydrogen-bond donors (Lipinski definition) is 1. The molecule has 2 aliphatic rings. The summed E-state index contributed by atoms with van der Waals surface area (Å²) in [4.78, 5) is 25.4. The minimum atomic E-state index is -1.16. The SMILES string of the molecule is COC(=O)C1=C(C(=O)OC)[C@@]2(C(Cc3ccc(C)cc3)Nc3ccccc3)C=CC1O2. The monoisotopic (exact) mass is 419 g/mol. The Morgan fingerprint density at radius 2 is 1.71 bits per heavy atom. The highest BCUT2D eigenvalue weighted by molar-refractivity contribution is 6.05. The number of aryl methyl sites for hydroxylation is 1. The van der Waals surface area contributed by atoms with Gasteiger partial charge in [0.05, 0.1) is 31.4 Å². The topological polar surface area (TPSA) is 73.9 Å². The molecule has 31 heavy (non-hydrogen) atoms. The molecule has 6 nitrogen and oxygen atoms in total. The van der Waals surface area contributed by atoms with Crippen LogP contribution in [0.4, 0.5) is 5.69 Å². The van der Waals surface area contributed by atoms with E-state index in [1.54, 1.807) is 6.08 Å². The molecule has 0 saturated carbocycles. The van der Waals surface area contributed by atoms with Gasteiger partial charge in [-0.1, -0.05) is 54.1 Å². The van der Waals surface area contributed by atoms with E-state index in [2.05, 4.69) is 17.4 Å². The molecule has 2 aliphatic heterocycles. The second-order valence-electron chi connectivity index (χ2n) is 7.72. The summed E-state index contributed by atoms with van der Waals surface area (Å²) in [6, 6.07) is 17.5. The molecule has 0 aliphatic carbocycles. The molecule has 3 atom stereocenters. The first kappa shape index (κ1) is 20.9. The lowest BCUT2D eigenvalue weighted by Gasteiger charge is -2.36. The lowest BCUT2D eigenvalue weighted by atomic mass is 9.79. The van der Waals surface area contributed by atoms with Crippen molar-refractivity contribution in [1.29, 1.82) is 0 Å². The van der Waals surface area contributed by atoms with Crippen molar-refractivity contribution in [3.8, 4) is 0 Å². The van der Waals surface area contributed by atoms with Gasteiger partial charge in [0.1, 0.15) is 11.7 Å². The van der Waals surface area contributed by atoms with Gasteiger partial charge in [0.15, 0.2) is 0 Å². The molecule has 2 bridgehead atoms. The number of methoxy groups -OCH3 is 2. The average molecular weight is 419 g/mol. The second kappa shape index (κ2) is 8.40. The molecule has 4 rings (SSSR count). The third-order valence-electron chi connectivity index (χ3n) is 5.77. The van der Waals surface area contributed by atoms with Crippen molar-refractivity contribution in [3.05, 3.63) is 89.0 Å². The smallest absolute Gasteiger partial charge is 0.337 e. The zero-order valence-corrected chi connectivity index (χ0v) is 17.8. The van der Waals surface area contributed by atoms with Crippen molar-refractivity contribution in [1.82, 2.24) is 0 Å². The molecule has 1 N–H and O–H groups in total. The summed E-state index contributed by atoms with van der Waals surface area (Å²) in [5.41, 5.74) is 2.34. The maximum absolute atomic E-state index is 12.9. The number of ether oxygens (including phenoxy) is 3. The van der Waals surface area contributed by atoms with Crippen LogP contribution in [0.25, 0.3) is 0 Å². The third-order valence-corrected chi connectivity index (χ3v) is 5.77. The second-order valence-corrected chi connectivity index (χ2v) is 7.72. The molecule has 0 aromatic heterocycles. The molecule has 160 valence electrons. The highest BCUT2D eigenvalue weighted by Gasteiger charge is 2.58. The van der Waals surface area contributed by atoms with E-state index in [-0.39, 0.29) is 17.2 Å². The van der Waals surface area contributed by atoms with Crippen LogP contribution < -0.4 is 5.32 Å². The first-order chi connectivity index (χ1) is 15.0. The number of fused-ring (bicyclic) bond motifs is 2. The van der Waals surface area contributed by atoms with Gasteiger partial charge in [0.25, 0.3) is 0 Å². The van der Waals surface area contributed by atoms with Crippen LogP contribution >= 0.6 is 0 Å². The predicted molar refractivity (Wildman–Crippen MR) is 117 cm³/mol. The van der Waals surface area contributed by atoms with E-state index in [1.807, 2.05) is 55.5 Å². The third kappa shape index (κ3) is 3.75. The Morgan fingerprint density at radius 1 is 1.03 bits per heavy atom. The normalized spacial score (nSPS) is 22.4. The fraction of sp³-hybridized carbons (Fsp3) is 0.280. The first-order valence-electron chi connectivity index (χ1n) is 10.1. The Balaban J connectivity index is 1.81. The fourth-order valence-corrected chi connectivity index (χ4v) is 4.25. The van der Waals surface area contributed by atoms with E-state index in [9.17, 15) is 9.59 Å². The number of rotatable bonds is 7. The van der Waals surface area contributed by atoms with Gasteiger partial charge in [-0.25, -0.2) is 9.59 Å². The average Bonchev–Trinajstić information content (AvgIpc) is 3.38. The summed E-state index contributed by atoms with van der Waals surface area (Å²) < 4.78 is 16.3. The molecule has 0 spiro atoms. The van der Waals surface area contributed by atoms with E-state index in [0.29, 0.717) is 6.42 Å². The lowest BCUT2D eigenvalue weighted by molar-refractivity contribution is -0.139. The Bertz CT molecular complexity index is 1040. The van der Waals surface area contributed by atoms with Crippen LogP contribution in [0.3, 0.4) is 0 Å². The van der Waals surface area contributed by atoms with Gasteiger partial charge >= 0.3 is 11.9 Å². The summed E-state index contributed by atoms with van der Waals surface area (Å²) in [6.07, 6.45) is 3.56. The number of esters is 2. The van der Waals surface area contributed by atoms with Crippen LogP contribution in [0.15, 0.2) is 77.9 Å². The summed E-state index contributed by atoms with van der Waals surface area (Å²) >= 11 is 0. The van der Waals surface area contributed by atoms with Crippen molar-refractivity contribution in [2.75, 3.05) is 19.5 Å². The quantitative estimate of drug-likeness (QED) is 0.548. The van der Waals surface area contributed by atoms with E-state index in [1.165, 1.54) is 14.2 Å². The molecule has 0 amide bonds. The van der Waals surface area contributed by atoms with Gasteiger partial charge in [-0.3, -0.25) is 0 Å². The van der Waals surface area contributed by atoms with E-state index >= 15 is 0 Å². The van der Waals surface area contributed by atoms with E-state index in [4.69, 9.17) is 14.2 Å². The summed E-state index contributed by atoms with van der Waals surface area (Å²) in [7, 11) is 2.59. The van der Waals surface area contributed by atoms with Gasteiger partial charge in [-0.2, -0.15) is 0 Å². The maximum Gasteiger partial charge on any atom is 0.337 e. The van der Waals surface area contributed by atoms with Crippen LogP contribution in [0.2, 0.25) is 0 Å². The van der Waals surface area contributed by atoms with Crippen molar-refractivity contribution >= 4 is 17.6 Å². The van der Waals surface area contributed by atoms with Crippen molar-refractivity contribution in [2.24, 2.45) is 0 Å². The van der Waals surface area contributed by atoms with E-state index < -0.39 is 23.6 Å². The van der Waals surface area contributed by atoms with Crippen LogP contribution in [0.5, 0.6) is 0 Å². The van der Waals surface area contributed by atoms with Crippen molar-refractivity contribution in [3.63, 3.8) is 0 Å². The highest BCUT2D eigenvalue weighted by Crippen LogP contribution is 2.47. The van der Waals surface area contributed by atoms with Crippen LogP contribution in [-0.4, -0.2) is 43.9 Å². The molecule has 2 aromatic carbocycles. The van der Waals surface area contributed by atoms with Gasteiger partial charge in [0, 0.05) is 5.69 Å². The Labute approximate surface area is 181 Å². The minimum absolute atomic E-state index is 0.190. The molecular formula is C25H25NO5. The van der Waals surface area contributed by atoms with Gasteiger partial charge in [0.2, 0.25) is 0 Å². The molecule has 2 heterocycles. The molecular weight excluding hydrogens is 394 g/mol. The van der Waals surface area contributed by atoms with Crippen molar-refractivity contribution < 1.29 is 23.8 Å². The fourth-order valence-electron chi connectivity index (χ4n) is 4.25. The zero-order chi connectivity index (χ0) is 22.0. The molecule has 0 fully saturated rings. The van der Waals surface area contributed by atoms with Gasteiger partial charge in [-0.15, -0.1) is 0 Å². The van der Waals surface area contributed by atoms with E-state index in [0.717, 1.165) is 16.8 Å². The van der Waals surface area contributed by atoms with Crippen LogP contribution in [0.1, 0.15) is 11.1 Å². The lowest BCUT2D eigenvalue weighted by Crippen LogP contribution is -2.49. The number of para-hydroxylation sites is 1. The molecule has 2 unspecified atom stereocenters. The Hall–Kier alpha value is -3.38. The summed E-state index contributed by atoms with van der Waals surface area (Å²) in [5, 5.41) is 3.52. The number of benzene rings is 2. The number of anilines is 1. The highest BCUT2D eigenvalue weighted by atomic mass is 16.6. The number of carbonyl (C=O) groups excluding carboxylic acids is 2. The van der Waals surface area contributed by atoms with Gasteiger partial charge in [-0.05, 0) is 37.1 Å². The number of carbonyl (C=O) groups is 2. The maximum atomic E-state index is 12.9. The minimum Gasteiger partial charge on any atom is -0.466 e. The van der Waals surface area contributed by atoms with Crippen LogP contribution in [0, 0.1) is 6.92 Å². The first-order valence-corrected chi connectivity index (χ1v) is 10.1. The predicted octanol–water partition coefficient (Wildman–Crippen LogP) is 3.37.